The van der Waals surface area contributed by atoms with E-state index in [1.807, 2.05) is 48.5 Å². The average Bonchev–Trinajstić information content (AvgIpc) is 3.22. The highest BCUT2D eigenvalue weighted by Crippen LogP contribution is 2.35. The number of ether oxygens (including phenoxy) is 2. The number of amides is 1. The van der Waals surface area contributed by atoms with Crippen LogP contribution in [-0.4, -0.2) is 28.4 Å². The van der Waals surface area contributed by atoms with E-state index in [0.717, 1.165) is 35.5 Å². The molecular weight excluding hydrogens is 330 g/mol. The second-order valence-corrected chi connectivity index (χ2v) is 6.99. The molecule has 2 aliphatic heterocycles. The van der Waals surface area contributed by atoms with E-state index in [2.05, 4.69) is 0 Å². The Morgan fingerprint density at radius 3 is 2.69 bits per heavy atom. The number of aliphatic hydroxyl groups is 1. The van der Waals surface area contributed by atoms with Gasteiger partial charge in [-0.2, -0.15) is 0 Å². The quantitative estimate of drug-likeness (QED) is 0.866. The van der Waals surface area contributed by atoms with Crippen LogP contribution in [0.3, 0.4) is 0 Å². The standard InChI is InChI=1S/C21H23NO4/c23-20-10-12-21(24,22(20)14-17-5-2-1-3-6-17)11-4-7-16-8-9-18-19(13-16)26-15-25-18/h1-3,5-6,8-9,13,24H,4,7,10-12,14-15H2. The van der Waals surface area contributed by atoms with E-state index in [0.29, 0.717) is 25.8 Å². The summed E-state index contributed by atoms with van der Waals surface area (Å²) in [6.07, 6.45) is 3.11. The van der Waals surface area contributed by atoms with Gasteiger partial charge in [0.1, 0.15) is 5.72 Å². The number of carbonyl (C=O) groups is 1. The smallest absolute Gasteiger partial charge is 0.231 e. The van der Waals surface area contributed by atoms with E-state index in [4.69, 9.17) is 9.47 Å². The van der Waals surface area contributed by atoms with Gasteiger partial charge >= 0.3 is 0 Å². The monoisotopic (exact) mass is 353 g/mol. The second-order valence-electron chi connectivity index (χ2n) is 6.99. The zero-order valence-corrected chi connectivity index (χ0v) is 14.7. The number of hydrogen-bond acceptors (Lipinski definition) is 4. The Bertz CT molecular complexity index is 792. The predicted molar refractivity (Wildman–Crippen MR) is 96.7 cm³/mol. The summed E-state index contributed by atoms with van der Waals surface area (Å²) >= 11 is 0. The molecular formula is C21H23NO4. The molecule has 2 aliphatic rings. The molecule has 0 aromatic heterocycles. The lowest BCUT2D eigenvalue weighted by molar-refractivity contribution is -0.148. The lowest BCUT2D eigenvalue weighted by Gasteiger charge is -2.34. The largest absolute Gasteiger partial charge is 0.454 e. The minimum atomic E-state index is -1.05. The molecule has 1 amide bonds. The number of hydrogen-bond donors (Lipinski definition) is 1. The third-order valence-electron chi connectivity index (χ3n) is 5.21. The first-order chi connectivity index (χ1) is 12.6. The molecule has 0 spiro atoms. The van der Waals surface area contributed by atoms with Crippen molar-refractivity contribution in [2.75, 3.05) is 6.79 Å². The average molecular weight is 353 g/mol. The molecule has 1 fully saturated rings. The van der Waals surface area contributed by atoms with Gasteiger partial charge in [0.05, 0.1) is 0 Å². The first kappa shape index (κ1) is 16.9. The first-order valence-corrected chi connectivity index (χ1v) is 9.09. The zero-order valence-electron chi connectivity index (χ0n) is 14.7. The molecule has 4 rings (SSSR count). The number of likely N-dealkylation sites (tertiary alicyclic amines) is 1. The van der Waals surface area contributed by atoms with E-state index >= 15 is 0 Å². The summed E-state index contributed by atoms with van der Waals surface area (Å²) in [7, 11) is 0. The van der Waals surface area contributed by atoms with Gasteiger partial charge in [-0.05, 0) is 42.5 Å². The van der Waals surface area contributed by atoms with Crippen LogP contribution in [-0.2, 0) is 17.8 Å². The number of benzene rings is 2. The SMILES string of the molecule is O=C1CCC(O)(CCCc2ccc3c(c2)OCO3)N1Cc1ccccc1. The van der Waals surface area contributed by atoms with E-state index in [9.17, 15) is 9.90 Å². The third kappa shape index (κ3) is 3.40. The highest BCUT2D eigenvalue weighted by Gasteiger charge is 2.42. The van der Waals surface area contributed by atoms with Crippen molar-refractivity contribution in [3.05, 3.63) is 59.7 Å². The van der Waals surface area contributed by atoms with Crippen LogP contribution in [0.4, 0.5) is 0 Å². The maximum Gasteiger partial charge on any atom is 0.231 e. The van der Waals surface area contributed by atoms with Gasteiger partial charge in [-0.25, -0.2) is 0 Å². The molecule has 136 valence electrons. The third-order valence-corrected chi connectivity index (χ3v) is 5.21. The zero-order chi connectivity index (χ0) is 18.0. The summed E-state index contributed by atoms with van der Waals surface area (Å²) in [6.45, 7) is 0.731. The van der Waals surface area contributed by atoms with Crippen molar-refractivity contribution in [2.24, 2.45) is 0 Å². The topological polar surface area (TPSA) is 59.0 Å². The lowest BCUT2D eigenvalue weighted by atomic mass is 9.99. The number of nitrogens with zero attached hydrogens (tertiary/aromatic N) is 1. The molecule has 5 heteroatoms. The summed E-state index contributed by atoms with van der Waals surface area (Å²) < 4.78 is 10.7. The van der Waals surface area contributed by atoms with Crippen LogP contribution in [0.25, 0.3) is 0 Å². The number of fused-ring (bicyclic) bond motifs is 1. The highest BCUT2D eigenvalue weighted by molar-refractivity contribution is 5.79. The van der Waals surface area contributed by atoms with Crippen molar-refractivity contribution in [1.82, 2.24) is 4.90 Å². The van der Waals surface area contributed by atoms with Crippen LogP contribution >= 0.6 is 0 Å². The van der Waals surface area contributed by atoms with Gasteiger partial charge in [-0.15, -0.1) is 0 Å². The van der Waals surface area contributed by atoms with Crippen molar-refractivity contribution in [3.63, 3.8) is 0 Å². The Balaban J connectivity index is 1.38. The Kier molecular flexibility index (Phi) is 4.55. The van der Waals surface area contributed by atoms with Crippen LogP contribution in [0, 0.1) is 0 Å². The Morgan fingerprint density at radius 2 is 1.85 bits per heavy atom. The van der Waals surface area contributed by atoms with Gasteiger partial charge in [0.15, 0.2) is 11.5 Å². The number of rotatable bonds is 6. The Hall–Kier alpha value is -2.53. The fraction of sp³-hybridized carbons (Fsp3) is 0.381. The van der Waals surface area contributed by atoms with Gasteiger partial charge in [0.25, 0.3) is 0 Å². The minimum Gasteiger partial charge on any atom is -0.454 e. The molecule has 1 N–H and O–H groups in total. The Morgan fingerprint density at radius 1 is 1.04 bits per heavy atom. The molecule has 1 atom stereocenters. The molecule has 2 heterocycles. The fourth-order valence-electron chi connectivity index (χ4n) is 3.74. The van der Waals surface area contributed by atoms with Crippen molar-refractivity contribution in [3.8, 4) is 11.5 Å². The molecule has 2 aromatic carbocycles. The Labute approximate surface area is 153 Å². The van der Waals surface area contributed by atoms with E-state index in [1.54, 1.807) is 4.90 Å². The molecule has 26 heavy (non-hydrogen) atoms. The second kappa shape index (κ2) is 7.00. The molecule has 5 nitrogen and oxygen atoms in total. The number of aryl methyl sites for hydroxylation is 1. The van der Waals surface area contributed by atoms with Crippen LogP contribution in [0.5, 0.6) is 11.5 Å². The van der Waals surface area contributed by atoms with Crippen molar-refractivity contribution < 1.29 is 19.4 Å². The van der Waals surface area contributed by atoms with Gasteiger partial charge in [0.2, 0.25) is 12.7 Å². The molecule has 0 radical (unpaired) electrons. The van der Waals surface area contributed by atoms with Crippen LogP contribution in [0.2, 0.25) is 0 Å². The summed E-state index contributed by atoms with van der Waals surface area (Å²) in [5, 5.41) is 11.1. The molecule has 0 bridgehead atoms. The van der Waals surface area contributed by atoms with E-state index < -0.39 is 5.72 Å². The number of carbonyl (C=O) groups excluding carboxylic acids is 1. The van der Waals surface area contributed by atoms with Gasteiger partial charge in [-0.1, -0.05) is 36.4 Å². The van der Waals surface area contributed by atoms with Crippen molar-refractivity contribution in [1.29, 1.82) is 0 Å². The van der Waals surface area contributed by atoms with E-state index in [1.165, 1.54) is 0 Å². The molecule has 2 aromatic rings. The van der Waals surface area contributed by atoms with E-state index in [-0.39, 0.29) is 12.7 Å². The summed E-state index contributed by atoms with van der Waals surface area (Å²) in [6, 6.07) is 15.8. The van der Waals surface area contributed by atoms with Gasteiger partial charge in [0, 0.05) is 19.4 Å². The molecule has 0 aliphatic carbocycles. The van der Waals surface area contributed by atoms with Crippen molar-refractivity contribution >= 4 is 5.91 Å². The maximum atomic E-state index is 12.3. The highest BCUT2D eigenvalue weighted by atomic mass is 16.7. The summed E-state index contributed by atoms with van der Waals surface area (Å²) in [4.78, 5) is 13.9. The van der Waals surface area contributed by atoms with Gasteiger partial charge in [-0.3, -0.25) is 4.79 Å². The van der Waals surface area contributed by atoms with Gasteiger partial charge < -0.3 is 19.5 Å². The lowest BCUT2D eigenvalue weighted by Crippen LogP contribution is -2.45. The minimum absolute atomic E-state index is 0.0273. The predicted octanol–water partition coefficient (Wildman–Crippen LogP) is 3.25. The molecule has 0 saturated carbocycles. The maximum absolute atomic E-state index is 12.3. The fourth-order valence-corrected chi connectivity index (χ4v) is 3.74. The molecule has 1 saturated heterocycles. The van der Waals surface area contributed by atoms with Crippen LogP contribution < -0.4 is 9.47 Å². The van der Waals surface area contributed by atoms with Crippen LogP contribution in [0.15, 0.2) is 48.5 Å². The van der Waals surface area contributed by atoms with Crippen molar-refractivity contribution in [2.45, 2.75) is 44.4 Å². The summed E-state index contributed by atoms with van der Waals surface area (Å²) in [5.41, 5.74) is 1.14. The summed E-state index contributed by atoms with van der Waals surface area (Å²) in [5.74, 6) is 1.59. The van der Waals surface area contributed by atoms with Crippen LogP contribution in [0.1, 0.15) is 36.8 Å². The normalized spacial score (nSPS) is 21.4. The first-order valence-electron chi connectivity index (χ1n) is 9.09. The molecule has 1 unspecified atom stereocenters.